The Bertz CT molecular complexity index is 1180. The number of rotatable bonds is 3. The Hall–Kier alpha value is -2.27. The largest absolute Gasteiger partial charge is 0.345 e. The summed E-state index contributed by atoms with van der Waals surface area (Å²) in [5.41, 5.74) is 0.877. The van der Waals surface area contributed by atoms with Crippen LogP contribution in [0.25, 0.3) is 10.1 Å². The van der Waals surface area contributed by atoms with E-state index in [1.54, 1.807) is 11.0 Å². The summed E-state index contributed by atoms with van der Waals surface area (Å²) in [6.45, 7) is 2.21. The van der Waals surface area contributed by atoms with E-state index >= 15 is 0 Å². The molecular formula is C20H16BrClN4O3S2. The average molecular weight is 540 g/mol. The molecule has 11 heteroatoms. The van der Waals surface area contributed by atoms with E-state index in [1.807, 2.05) is 29.2 Å². The number of fused-ring (bicyclic) bond motifs is 1. The van der Waals surface area contributed by atoms with Gasteiger partial charge < -0.3 is 15.1 Å². The highest BCUT2D eigenvalue weighted by molar-refractivity contribution is 9.10. The zero-order chi connectivity index (χ0) is 22.1. The first-order valence-electron chi connectivity index (χ1n) is 9.30. The molecule has 1 amide bonds. The molecule has 1 aliphatic heterocycles. The van der Waals surface area contributed by atoms with E-state index in [9.17, 15) is 14.9 Å². The van der Waals surface area contributed by atoms with E-state index in [-0.39, 0.29) is 11.6 Å². The monoisotopic (exact) mass is 538 g/mol. The summed E-state index contributed by atoms with van der Waals surface area (Å²) in [6, 6.07) is 12.2. The number of thiocarbonyl (C=S) groups is 1. The van der Waals surface area contributed by atoms with Gasteiger partial charge in [0.2, 0.25) is 0 Å². The van der Waals surface area contributed by atoms with Crippen molar-refractivity contribution in [2.45, 2.75) is 0 Å². The molecule has 1 aromatic heterocycles. The van der Waals surface area contributed by atoms with Crippen LogP contribution >= 0.6 is 51.1 Å². The Morgan fingerprint density at radius 3 is 2.42 bits per heavy atom. The van der Waals surface area contributed by atoms with Crippen molar-refractivity contribution in [1.82, 2.24) is 9.80 Å². The molecule has 160 valence electrons. The summed E-state index contributed by atoms with van der Waals surface area (Å²) < 4.78 is 1.62. The Balaban J connectivity index is 1.42. The second kappa shape index (κ2) is 9.07. The number of anilines is 1. The molecule has 4 rings (SSSR count). The Morgan fingerprint density at radius 1 is 1.13 bits per heavy atom. The molecule has 1 saturated heterocycles. The Labute approximate surface area is 200 Å². The number of nitro groups is 1. The molecule has 2 aromatic carbocycles. The fourth-order valence-electron chi connectivity index (χ4n) is 3.30. The van der Waals surface area contributed by atoms with Crippen molar-refractivity contribution in [3.8, 4) is 0 Å². The number of carbonyl (C=O) groups is 1. The van der Waals surface area contributed by atoms with Crippen LogP contribution < -0.4 is 5.32 Å². The van der Waals surface area contributed by atoms with Gasteiger partial charge in [-0.05, 0) is 42.5 Å². The van der Waals surface area contributed by atoms with Gasteiger partial charge >= 0.3 is 0 Å². The SMILES string of the molecule is O=C(c1sc2cc([N+](=O)[O-])ccc2c1Cl)N1CCN(C(=S)Nc2ccc(Br)cc2)CC1. The highest BCUT2D eigenvalue weighted by Crippen LogP contribution is 2.38. The van der Waals surface area contributed by atoms with Crippen LogP contribution in [0.2, 0.25) is 5.02 Å². The van der Waals surface area contributed by atoms with Gasteiger partial charge in [-0.3, -0.25) is 14.9 Å². The van der Waals surface area contributed by atoms with Crippen molar-refractivity contribution in [1.29, 1.82) is 0 Å². The molecule has 0 unspecified atom stereocenters. The van der Waals surface area contributed by atoms with E-state index < -0.39 is 4.92 Å². The quantitative estimate of drug-likeness (QED) is 0.273. The van der Waals surface area contributed by atoms with Crippen LogP contribution in [-0.2, 0) is 0 Å². The normalized spacial score (nSPS) is 14.0. The van der Waals surface area contributed by atoms with Crippen LogP contribution in [0, 0.1) is 10.1 Å². The van der Waals surface area contributed by atoms with Crippen LogP contribution in [0.3, 0.4) is 0 Å². The predicted octanol–water partition coefficient (Wildman–Crippen LogP) is 5.38. The summed E-state index contributed by atoms with van der Waals surface area (Å²) in [5.74, 6) is -0.166. The molecule has 1 aliphatic rings. The van der Waals surface area contributed by atoms with E-state index in [0.717, 1.165) is 10.2 Å². The van der Waals surface area contributed by atoms with Gasteiger partial charge in [0.25, 0.3) is 11.6 Å². The molecule has 1 fully saturated rings. The van der Waals surface area contributed by atoms with Gasteiger partial charge in [-0.25, -0.2) is 0 Å². The van der Waals surface area contributed by atoms with Crippen LogP contribution in [0.15, 0.2) is 46.9 Å². The second-order valence-corrected chi connectivity index (χ2v) is 9.63. The number of hydrogen-bond acceptors (Lipinski definition) is 5. The van der Waals surface area contributed by atoms with Crippen molar-refractivity contribution in [3.63, 3.8) is 0 Å². The first kappa shape index (κ1) is 21.9. The Kier molecular flexibility index (Phi) is 6.42. The summed E-state index contributed by atoms with van der Waals surface area (Å²) in [5, 5.41) is 15.8. The third-order valence-corrected chi connectivity index (χ3v) is 7.50. The number of nitrogens with one attached hydrogen (secondary N) is 1. The highest BCUT2D eigenvalue weighted by atomic mass is 79.9. The second-order valence-electron chi connectivity index (χ2n) is 6.90. The lowest BCUT2D eigenvalue weighted by Gasteiger charge is -2.36. The summed E-state index contributed by atoms with van der Waals surface area (Å²) in [4.78, 5) is 27.8. The molecular weight excluding hydrogens is 524 g/mol. The summed E-state index contributed by atoms with van der Waals surface area (Å²) in [7, 11) is 0. The maximum Gasteiger partial charge on any atom is 0.270 e. The van der Waals surface area contributed by atoms with Gasteiger partial charge in [0.1, 0.15) is 4.88 Å². The number of amides is 1. The zero-order valence-corrected chi connectivity index (χ0v) is 20.0. The molecule has 0 aliphatic carbocycles. The maximum absolute atomic E-state index is 13.1. The number of thiophene rings is 1. The van der Waals surface area contributed by atoms with Gasteiger partial charge in [-0.1, -0.05) is 27.5 Å². The van der Waals surface area contributed by atoms with Crippen LogP contribution in [0.4, 0.5) is 11.4 Å². The molecule has 0 spiro atoms. The van der Waals surface area contributed by atoms with E-state index in [0.29, 0.717) is 51.3 Å². The number of carbonyl (C=O) groups excluding carboxylic acids is 1. The molecule has 2 heterocycles. The minimum absolute atomic E-state index is 0.0233. The first-order chi connectivity index (χ1) is 14.8. The third-order valence-electron chi connectivity index (χ3n) is 4.97. The third kappa shape index (κ3) is 4.67. The first-order valence-corrected chi connectivity index (χ1v) is 11.7. The van der Waals surface area contributed by atoms with Crippen LogP contribution in [-0.4, -0.2) is 51.9 Å². The lowest BCUT2D eigenvalue weighted by molar-refractivity contribution is -0.384. The minimum Gasteiger partial charge on any atom is -0.345 e. The zero-order valence-electron chi connectivity index (χ0n) is 16.0. The minimum atomic E-state index is -0.459. The molecule has 7 nitrogen and oxygen atoms in total. The van der Waals surface area contributed by atoms with E-state index in [1.165, 1.54) is 23.5 Å². The van der Waals surface area contributed by atoms with Crippen molar-refractivity contribution >= 4 is 83.6 Å². The number of halogens is 2. The molecule has 0 saturated carbocycles. The summed E-state index contributed by atoms with van der Waals surface area (Å²) >= 11 is 16.5. The molecule has 3 aromatic rings. The number of benzene rings is 2. The van der Waals surface area contributed by atoms with Gasteiger partial charge in [-0.15, -0.1) is 11.3 Å². The molecule has 0 radical (unpaired) electrons. The highest BCUT2D eigenvalue weighted by Gasteiger charge is 2.27. The van der Waals surface area contributed by atoms with Crippen molar-refractivity contribution in [3.05, 3.63) is 67.0 Å². The predicted molar refractivity (Wildman–Crippen MR) is 131 cm³/mol. The van der Waals surface area contributed by atoms with Gasteiger partial charge in [0, 0.05) is 58.6 Å². The van der Waals surface area contributed by atoms with E-state index in [4.69, 9.17) is 23.8 Å². The van der Waals surface area contributed by atoms with Gasteiger partial charge in [-0.2, -0.15) is 0 Å². The summed E-state index contributed by atoms with van der Waals surface area (Å²) in [6.07, 6.45) is 0. The fourth-order valence-corrected chi connectivity index (χ4v) is 5.37. The average Bonchev–Trinajstić information content (AvgIpc) is 3.10. The van der Waals surface area contributed by atoms with Crippen molar-refractivity contribution in [2.24, 2.45) is 0 Å². The number of nitrogens with zero attached hydrogens (tertiary/aromatic N) is 3. The number of hydrogen-bond donors (Lipinski definition) is 1. The molecule has 0 atom stereocenters. The topological polar surface area (TPSA) is 78.7 Å². The van der Waals surface area contributed by atoms with Crippen molar-refractivity contribution in [2.75, 3.05) is 31.5 Å². The lowest BCUT2D eigenvalue weighted by Crippen LogP contribution is -2.51. The lowest BCUT2D eigenvalue weighted by atomic mass is 10.2. The van der Waals surface area contributed by atoms with Gasteiger partial charge in [0.05, 0.1) is 9.95 Å². The number of non-ortho nitro benzene ring substituents is 1. The van der Waals surface area contributed by atoms with Crippen LogP contribution in [0.1, 0.15) is 9.67 Å². The molecule has 31 heavy (non-hydrogen) atoms. The maximum atomic E-state index is 13.1. The Morgan fingerprint density at radius 2 is 1.77 bits per heavy atom. The van der Waals surface area contributed by atoms with Crippen molar-refractivity contribution < 1.29 is 9.72 Å². The van der Waals surface area contributed by atoms with Crippen LogP contribution in [0.5, 0.6) is 0 Å². The van der Waals surface area contributed by atoms with E-state index in [2.05, 4.69) is 21.2 Å². The smallest absolute Gasteiger partial charge is 0.270 e. The molecule has 0 bridgehead atoms. The van der Waals surface area contributed by atoms with Gasteiger partial charge in [0.15, 0.2) is 5.11 Å². The standard InChI is InChI=1S/C20H16BrClN4O3S2/c21-12-1-3-13(4-2-12)23-20(30)25-9-7-24(8-10-25)19(27)18-17(22)15-6-5-14(26(28)29)11-16(15)31-18/h1-6,11H,7-10H2,(H,23,30). The number of nitro benzene ring substituents is 1. The fraction of sp³-hybridized carbons (Fsp3) is 0.200. The molecule has 1 N–H and O–H groups in total. The number of piperazine rings is 1.